The van der Waals surface area contributed by atoms with Crippen LogP contribution in [0.3, 0.4) is 0 Å². The molecule has 0 aliphatic carbocycles. The fraction of sp³-hybridized carbons (Fsp3) is 0.200. The zero-order valence-electron chi connectivity index (χ0n) is 5.78. The molecule has 5 nitrogen and oxygen atoms in total. The summed E-state index contributed by atoms with van der Waals surface area (Å²) in [5.41, 5.74) is 13.6. The van der Waals surface area contributed by atoms with Crippen molar-refractivity contribution in [3.05, 3.63) is 24.4 Å². The number of rotatable bonds is 1. The lowest BCUT2D eigenvalue weighted by atomic mass is 10.7. The lowest BCUT2D eigenvalue weighted by molar-refractivity contribution is 0.203. The summed E-state index contributed by atoms with van der Waals surface area (Å²) in [5.74, 6) is 0.615. The van der Waals surface area contributed by atoms with Gasteiger partial charge >= 0.3 is 0 Å². The van der Waals surface area contributed by atoms with Gasteiger partial charge in [0.15, 0.2) is 0 Å². The van der Waals surface area contributed by atoms with Crippen molar-refractivity contribution in [3.63, 3.8) is 0 Å². The second kappa shape index (κ2) is 2.49. The Morgan fingerprint density at radius 1 is 1.70 bits per heavy atom. The Hall–Kier alpha value is -1.36. The Morgan fingerprint density at radius 2 is 2.40 bits per heavy atom. The molecular weight excluding hydrogens is 130 g/mol. The molecule has 0 saturated carbocycles. The molecule has 5 heteroatoms. The summed E-state index contributed by atoms with van der Waals surface area (Å²) in [6.07, 6.45) is 4.79. The van der Waals surface area contributed by atoms with Gasteiger partial charge in [0.25, 0.3) is 0 Å². The monoisotopic (exact) mass is 141 g/mol. The van der Waals surface area contributed by atoms with Crippen molar-refractivity contribution in [2.45, 2.75) is 0 Å². The molecule has 0 fully saturated rings. The van der Waals surface area contributed by atoms with Crippen molar-refractivity contribution in [2.75, 3.05) is 7.05 Å². The van der Waals surface area contributed by atoms with E-state index < -0.39 is 0 Å². The highest BCUT2D eigenvalue weighted by Gasteiger charge is 2.10. The van der Waals surface area contributed by atoms with Crippen LogP contribution in [0.4, 0.5) is 0 Å². The molecule has 0 atom stereocenters. The van der Waals surface area contributed by atoms with Gasteiger partial charge in [-0.15, -0.1) is 5.53 Å². The molecule has 56 valence electrons. The van der Waals surface area contributed by atoms with Crippen molar-refractivity contribution in [1.29, 1.82) is 0 Å². The van der Waals surface area contributed by atoms with Gasteiger partial charge in [-0.2, -0.15) is 0 Å². The molecule has 0 aromatic carbocycles. The topological polar surface area (TPSA) is 70.5 Å². The molecule has 10 heavy (non-hydrogen) atoms. The van der Waals surface area contributed by atoms with Crippen LogP contribution in [0.2, 0.25) is 0 Å². The Morgan fingerprint density at radius 3 is 2.80 bits per heavy atom. The summed E-state index contributed by atoms with van der Waals surface area (Å²) < 4.78 is 0. The van der Waals surface area contributed by atoms with E-state index in [0.717, 1.165) is 0 Å². The van der Waals surface area contributed by atoms with E-state index in [1.807, 2.05) is 7.05 Å². The normalized spacial score (nSPS) is 18.7. The van der Waals surface area contributed by atoms with Crippen LogP contribution in [-0.4, -0.2) is 17.1 Å². The minimum absolute atomic E-state index is 0.615. The van der Waals surface area contributed by atoms with E-state index in [-0.39, 0.29) is 0 Å². The third kappa shape index (κ3) is 1.14. The minimum Gasteiger partial charge on any atom is -0.403 e. The fourth-order valence-electron chi connectivity index (χ4n) is 0.723. The van der Waals surface area contributed by atoms with E-state index >= 15 is 0 Å². The molecule has 0 aromatic rings. The van der Waals surface area contributed by atoms with Gasteiger partial charge in [-0.3, -0.25) is 5.01 Å². The molecule has 0 radical (unpaired) electrons. The Bertz CT molecular complexity index is 173. The minimum atomic E-state index is 0.615. The van der Waals surface area contributed by atoms with Gasteiger partial charge in [-0.05, 0) is 0 Å². The highest BCUT2D eigenvalue weighted by atomic mass is 15.8. The average molecular weight is 141 g/mol. The highest BCUT2D eigenvalue weighted by molar-refractivity contribution is 5.02. The molecule has 1 aliphatic heterocycles. The lowest BCUT2D eigenvalue weighted by Crippen LogP contribution is -2.36. The molecule has 0 unspecified atom stereocenters. The summed E-state index contributed by atoms with van der Waals surface area (Å²) in [5, 5.41) is 3.34. The van der Waals surface area contributed by atoms with Crippen molar-refractivity contribution in [3.8, 4) is 0 Å². The second-order valence-corrected chi connectivity index (χ2v) is 1.98. The van der Waals surface area contributed by atoms with Gasteiger partial charge in [0.1, 0.15) is 5.82 Å². The van der Waals surface area contributed by atoms with Crippen molar-refractivity contribution < 1.29 is 0 Å². The van der Waals surface area contributed by atoms with Crippen LogP contribution in [0.15, 0.2) is 24.4 Å². The molecular formula is C5H11N5. The first-order valence-electron chi connectivity index (χ1n) is 2.88. The van der Waals surface area contributed by atoms with Crippen molar-refractivity contribution in [1.82, 2.24) is 15.6 Å². The number of nitrogens with zero attached hydrogens (tertiary/aromatic N) is 2. The van der Waals surface area contributed by atoms with Crippen molar-refractivity contribution in [2.24, 2.45) is 11.5 Å². The predicted molar refractivity (Wildman–Crippen MR) is 38.3 cm³/mol. The third-order valence-corrected chi connectivity index (χ3v) is 1.10. The molecule has 0 aromatic heterocycles. The zero-order chi connectivity index (χ0) is 7.56. The lowest BCUT2D eigenvalue weighted by Gasteiger charge is -2.15. The Kier molecular flexibility index (Phi) is 1.68. The Labute approximate surface area is 59.5 Å². The third-order valence-electron chi connectivity index (χ3n) is 1.10. The van der Waals surface area contributed by atoms with Crippen molar-refractivity contribution >= 4 is 0 Å². The Balaban J connectivity index is 2.59. The van der Waals surface area contributed by atoms with Gasteiger partial charge in [0, 0.05) is 19.4 Å². The smallest absolute Gasteiger partial charge is 0.137 e. The summed E-state index contributed by atoms with van der Waals surface area (Å²) in [7, 11) is 1.84. The first-order valence-corrected chi connectivity index (χ1v) is 2.88. The SMILES string of the molecule is CN1C=C(N)N(/C=C\N)N1. The van der Waals surface area contributed by atoms with Crippen LogP contribution < -0.4 is 17.0 Å². The fourth-order valence-corrected chi connectivity index (χ4v) is 0.723. The van der Waals surface area contributed by atoms with E-state index in [1.165, 1.54) is 6.20 Å². The molecule has 0 spiro atoms. The standard InChI is InChI=1S/C5H11N5/c1-9-4-5(7)10(8-9)3-2-6/h2-4,8H,6-7H2,1H3/b3-2-. The van der Waals surface area contributed by atoms with E-state index in [9.17, 15) is 0 Å². The van der Waals surface area contributed by atoms with Gasteiger partial charge in [-0.1, -0.05) is 0 Å². The van der Waals surface area contributed by atoms with E-state index in [0.29, 0.717) is 5.82 Å². The number of nitrogens with one attached hydrogen (secondary N) is 1. The molecule has 1 aliphatic rings. The maximum absolute atomic E-state index is 5.53. The quantitative estimate of drug-likeness (QED) is 0.430. The van der Waals surface area contributed by atoms with Gasteiger partial charge in [0.05, 0.1) is 6.20 Å². The second-order valence-electron chi connectivity index (χ2n) is 1.98. The maximum atomic E-state index is 5.53. The molecule has 1 heterocycles. The van der Waals surface area contributed by atoms with Crippen LogP contribution in [0.1, 0.15) is 0 Å². The maximum Gasteiger partial charge on any atom is 0.137 e. The number of hydrogen-bond donors (Lipinski definition) is 3. The summed E-state index contributed by atoms with van der Waals surface area (Å²) in [6.45, 7) is 0. The van der Waals surface area contributed by atoms with E-state index in [2.05, 4.69) is 5.53 Å². The number of hydrazine groups is 2. The average Bonchev–Trinajstić information content (AvgIpc) is 2.13. The number of hydrogen-bond acceptors (Lipinski definition) is 5. The van der Waals surface area contributed by atoms with Gasteiger partial charge in [-0.25, -0.2) is 5.01 Å². The number of nitrogens with two attached hydrogens (primary N) is 2. The first-order chi connectivity index (χ1) is 4.74. The molecule has 0 amide bonds. The molecule has 5 N–H and O–H groups in total. The molecule has 1 rings (SSSR count). The van der Waals surface area contributed by atoms with Gasteiger partial charge < -0.3 is 11.5 Å². The van der Waals surface area contributed by atoms with Crippen LogP contribution in [-0.2, 0) is 0 Å². The van der Waals surface area contributed by atoms with Crippen LogP contribution in [0.5, 0.6) is 0 Å². The largest absolute Gasteiger partial charge is 0.403 e. The summed E-state index contributed by atoms with van der Waals surface area (Å²) >= 11 is 0. The van der Waals surface area contributed by atoms with Crippen LogP contribution >= 0.6 is 0 Å². The molecule has 0 saturated heterocycles. The zero-order valence-corrected chi connectivity index (χ0v) is 5.78. The highest BCUT2D eigenvalue weighted by Crippen LogP contribution is 2.02. The van der Waals surface area contributed by atoms with Crippen LogP contribution in [0, 0.1) is 0 Å². The van der Waals surface area contributed by atoms with Gasteiger partial charge in [0.2, 0.25) is 0 Å². The predicted octanol–water partition coefficient (Wildman–Crippen LogP) is -1.16. The molecule has 0 bridgehead atoms. The van der Waals surface area contributed by atoms with E-state index in [4.69, 9.17) is 11.5 Å². The van der Waals surface area contributed by atoms with Crippen LogP contribution in [0.25, 0.3) is 0 Å². The summed E-state index contributed by atoms with van der Waals surface area (Å²) in [4.78, 5) is 0. The summed E-state index contributed by atoms with van der Waals surface area (Å²) in [6, 6.07) is 0. The van der Waals surface area contributed by atoms with E-state index in [1.54, 1.807) is 22.4 Å². The first kappa shape index (κ1) is 6.76.